The van der Waals surface area contributed by atoms with E-state index in [-0.39, 0.29) is 11.3 Å². The van der Waals surface area contributed by atoms with Crippen LogP contribution in [0.2, 0.25) is 0 Å². The van der Waals surface area contributed by atoms with Gasteiger partial charge < -0.3 is 16.2 Å². The molecule has 0 aromatic heterocycles. The van der Waals surface area contributed by atoms with E-state index in [1.54, 1.807) is 0 Å². The fourth-order valence-electron chi connectivity index (χ4n) is 1.46. The summed E-state index contributed by atoms with van der Waals surface area (Å²) in [6.45, 7) is 1.81. The molecule has 0 bridgehead atoms. The zero-order chi connectivity index (χ0) is 13.7. The summed E-state index contributed by atoms with van der Waals surface area (Å²) in [6.07, 6.45) is 0.936. The zero-order valence-electron chi connectivity index (χ0n) is 9.94. The van der Waals surface area contributed by atoms with E-state index >= 15 is 0 Å². The number of anilines is 1. The Labute approximate surface area is 104 Å². The van der Waals surface area contributed by atoms with E-state index in [4.69, 9.17) is 10.8 Å². The fourth-order valence-corrected chi connectivity index (χ4v) is 1.46. The molecule has 0 fully saturated rings. The molecule has 0 aliphatic carbocycles. The van der Waals surface area contributed by atoms with Crippen LogP contribution >= 0.6 is 0 Å². The van der Waals surface area contributed by atoms with Crippen LogP contribution in [-0.2, 0) is 4.79 Å². The number of aliphatic carboxylic acids is 1. The van der Waals surface area contributed by atoms with Crippen LogP contribution in [0.5, 0.6) is 0 Å². The number of carboxylic acids is 1. The fraction of sp³-hybridized carbons (Fsp3) is 0.333. The molecule has 1 amide bonds. The quantitative estimate of drug-likeness (QED) is 0.692. The van der Waals surface area contributed by atoms with Crippen molar-refractivity contribution in [2.45, 2.75) is 25.8 Å². The number of carbonyl (C=O) groups is 2. The van der Waals surface area contributed by atoms with Crippen LogP contribution in [0.1, 0.15) is 30.1 Å². The Kier molecular flexibility index (Phi) is 4.65. The molecule has 1 aromatic rings. The Morgan fingerprint density at radius 1 is 1.50 bits per heavy atom. The van der Waals surface area contributed by atoms with Crippen LogP contribution in [0.15, 0.2) is 18.2 Å². The molecular formula is C12H15FN2O3. The van der Waals surface area contributed by atoms with Gasteiger partial charge in [0.25, 0.3) is 5.91 Å². The molecule has 0 saturated carbocycles. The number of amides is 1. The van der Waals surface area contributed by atoms with Gasteiger partial charge in [-0.3, -0.25) is 4.79 Å². The molecule has 0 aliphatic rings. The average molecular weight is 254 g/mol. The lowest BCUT2D eigenvalue weighted by Crippen LogP contribution is -2.40. The minimum atomic E-state index is -1.11. The lowest BCUT2D eigenvalue weighted by molar-refractivity contribution is -0.139. The number of nitrogen functional groups attached to an aromatic ring is 1. The van der Waals surface area contributed by atoms with Crippen molar-refractivity contribution < 1.29 is 19.1 Å². The molecule has 0 unspecified atom stereocenters. The SMILES string of the molecule is CCC[C@@H](NC(=O)c1ccc(N)c(F)c1)C(=O)O. The van der Waals surface area contributed by atoms with E-state index in [1.807, 2.05) is 6.92 Å². The van der Waals surface area contributed by atoms with Crippen molar-refractivity contribution in [3.8, 4) is 0 Å². The van der Waals surface area contributed by atoms with Crippen LogP contribution in [0.25, 0.3) is 0 Å². The number of nitrogens with one attached hydrogen (secondary N) is 1. The van der Waals surface area contributed by atoms with Gasteiger partial charge in [-0.1, -0.05) is 13.3 Å². The highest BCUT2D eigenvalue weighted by atomic mass is 19.1. The number of hydrogen-bond donors (Lipinski definition) is 3. The summed E-state index contributed by atoms with van der Waals surface area (Å²) >= 11 is 0. The number of halogens is 1. The van der Waals surface area contributed by atoms with Crippen molar-refractivity contribution in [2.24, 2.45) is 0 Å². The largest absolute Gasteiger partial charge is 0.480 e. The lowest BCUT2D eigenvalue weighted by atomic mass is 10.1. The van der Waals surface area contributed by atoms with Gasteiger partial charge in [-0.25, -0.2) is 9.18 Å². The van der Waals surface area contributed by atoms with Gasteiger partial charge >= 0.3 is 5.97 Å². The van der Waals surface area contributed by atoms with E-state index < -0.39 is 23.7 Å². The van der Waals surface area contributed by atoms with E-state index in [0.717, 1.165) is 6.07 Å². The topological polar surface area (TPSA) is 92.4 Å². The third-order valence-corrected chi connectivity index (χ3v) is 2.44. The third-order valence-electron chi connectivity index (χ3n) is 2.44. The molecule has 4 N–H and O–H groups in total. The van der Waals surface area contributed by atoms with Gasteiger partial charge in [-0.15, -0.1) is 0 Å². The summed E-state index contributed by atoms with van der Waals surface area (Å²) in [7, 11) is 0. The number of hydrogen-bond acceptors (Lipinski definition) is 3. The first kappa shape index (κ1) is 14.0. The van der Waals surface area contributed by atoms with Crippen LogP contribution < -0.4 is 11.1 Å². The van der Waals surface area contributed by atoms with E-state index in [0.29, 0.717) is 12.8 Å². The summed E-state index contributed by atoms with van der Waals surface area (Å²) in [6, 6.07) is 2.62. The van der Waals surface area contributed by atoms with Crippen LogP contribution in [0.3, 0.4) is 0 Å². The number of carbonyl (C=O) groups excluding carboxylic acids is 1. The number of carboxylic acid groups (broad SMARTS) is 1. The predicted molar refractivity (Wildman–Crippen MR) is 64.6 cm³/mol. The second kappa shape index (κ2) is 6.00. The van der Waals surface area contributed by atoms with Crippen molar-refractivity contribution in [2.75, 3.05) is 5.73 Å². The van der Waals surface area contributed by atoms with Gasteiger partial charge in [0.1, 0.15) is 11.9 Å². The van der Waals surface area contributed by atoms with E-state index in [2.05, 4.69) is 5.32 Å². The summed E-state index contributed by atoms with van der Waals surface area (Å²) in [5.41, 5.74) is 5.27. The molecule has 0 radical (unpaired) electrons. The minimum absolute atomic E-state index is 0.0454. The minimum Gasteiger partial charge on any atom is -0.480 e. The van der Waals surface area contributed by atoms with Gasteiger partial charge in [0.15, 0.2) is 0 Å². The maximum atomic E-state index is 13.2. The lowest BCUT2D eigenvalue weighted by Gasteiger charge is -2.13. The molecule has 1 aromatic carbocycles. The predicted octanol–water partition coefficient (Wildman–Crippen LogP) is 1.39. The Hall–Kier alpha value is -2.11. The number of benzene rings is 1. The molecule has 0 saturated heterocycles. The van der Waals surface area contributed by atoms with Gasteiger partial charge in [-0.05, 0) is 24.6 Å². The van der Waals surface area contributed by atoms with Crippen molar-refractivity contribution in [3.63, 3.8) is 0 Å². The van der Waals surface area contributed by atoms with Gasteiger partial charge in [-0.2, -0.15) is 0 Å². The smallest absolute Gasteiger partial charge is 0.326 e. The first-order valence-corrected chi connectivity index (χ1v) is 5.54. The Morgan fingerprint density at radius 2 is 2.17 bits per heavy atom. The Morgan fingerprint density at radius 3 is 2.67 bits per heavy atom. The maximum absolute atomic E-state index is 13.2. The molecule has 6 heteroatoms. The summed E-state index contributed by atoms with van der Waals surface area (Å²) in [4.78, 5) is 22.6. The van der Waals surface area contributed by atoms with Gasteiger partial charge in [0.2, 0.25) is 0 Å². The molecule has 1 rings (SSSR count). The normalized spacial score (nSPS) is 11.9. The van der Waals surface area contributed by atoms with Crippen molar-refractivity contribution in [3.05, 3.63) is 29.6 Å². The molecule has 98 valence electrons. The molecule has 0 aliphatic heterocycles. The van der Waals surface area contributed by atoms with Gasteiger partial charge in [0.05, 0.1) is 5.69 Å². The highest BCUT2D eigenvalue weighted by Crippen LogP contribution is 2.12. The Bertz CT molecular complexity index is 463. The van der Waals surface area contributed by atoms with Crippen molar-refractivity contribution in [1.29, 1.82) is 0 Å². The first-order chi connectivity index (χ1) is 8.45. The number of rotatable bonds is 5. The first-order valence-electron chi connectivity index (χ1n) is 5.54. The summed E-state index contributed by atoms with van der Waals surface area (Å²) in [5.74, 6) is -2.44. The summed E-state index contributed by atoms with van der Waals surface area (Å²) < 4.78 is 13.2. The second-order valence-electron chi connectivity index (χ2n) is 3.89. The molecule has 0 spiro atoms. The molecular weight excluding hydrogens is 239 g/mol. The summed E-state index contributed by atoms with van der Waals surface area (Å²) in [5, 5.41) is 11.2. The van der Waals surface area contributed by atoms with Crippen molar-refractivity contribution in [1.82, 2.24) is 5.32 Å². The highest BCUT2D eigenvalue weighted by molar-refractivity contribution is 5.96. The van der Waals surface area contributed by atoms with E-state index in [1.165, 1.54) is 12.1 Å². The van der Waals surface area contributed by atoms with Gasteiger partial charge in [0, 0.05) is 5.56 Å². The van der Waals surface area contributed by atoms with E-state index in [9.17, 15) is 14.0 Å². The number of nitrogens with two attached hydrogens (primary N) is 1. The monoisotopic (exact) mass is 254 g/mol. The average Bonchev–Trinajstić information content (AvgIpc) is 2.31. The van der Waals surface area contributed by atoms with Crippen molar-refractivity contribution >= 4 is 17.6 Å². The molecule has 0 heterocycles. The van der Waals surface area contributed by atoms with Crippen LogP contribution in [0, 0.1) is 5.82 Å². The van der Waals surface area contributed by atoms with Crippen LogP contribution in [0.4, 0.5) is 10.1 Å². The Balaban J connectivity index is 2.80. The zero-order valence-corrected chi connectivity index (χ0v) is 9.94. The standard InChI is InChI=1S/C12H15FN2O3/c1-2-3-10(12(17)18)15-11(16)7-4-5-9(14)8(13)6-7/h4-6,10H,2-3,14H2,1H3,(H,15,16)(H,17,18)/t10-/m1/s1. The molecule has 5 nitrogen and oxygen atoms in total. The third kappa shape index (κ3) is 3.44. The maximum Gasteiger partial charge on any atom is 0.326 e. The molecule has 18 heavy (non-hydrogen) atoms. The van der Waals surface area contributed by atoms with Crippen LogP contribution in [-0.4, -0.2) is 23.0 Å². The highest BCUT2D eigenvalue weighted by Gasteiger charge is 2.19. The molecule has 1 atom stereocenters. The second-order valence-corrected chi connectivity index (χ2v) is 3.89.